The number of aliphatic hydroxyl groups excluding tert-OH is 1. The maximum atomic E-state index is 11.0. The summed E-state index contributed by atoms with van der Waals surface area (Å²) >= 11 is 0. The van der Waals surface area contributed by atoms with E-state index >= 15 is 0 Å². The lowest BCUT2D eigenvalue weighted by Gasteiger charge is -2.36. The molecule has 1 N–H and O–H groups in total. The van der Waals surface area contributed by atoms with E-state index in [4.69, 9.17) is 4.74 Å². The van der Waals surface area contributed by atoms with E-state index in [0.717, 1.165) is 41.5 Å². The first-order chi connectivity index (χ1) is 18.2. The first kappa shape index (κ1) is 24.9. The molecule has 0 aliphatic carbocycles. The molecule has 1 heterocycles. The normalized spacial score (nSPS) is 17.9. The van der Waals surface area contributed by atoms with Crippen LogP contribution in [-0.4, -0.2) is 42.2 Å². The summed E-state index contributed by atoms with van der Waals surface area (Å²) in [5, 5.41) is 10.5. The molecule has 4 nitrogen and oxygen atoms in total. The molecule has 4 aromatic rings. The lowest BCUT2D eigenvalue weighted by molar-refractivity contribution is -0.121. The van der Waals surface area contributed by atoms with Gasteiger partial charge in [-0.2, -0.15) is 0 Å². The Bertz CT molecular complexity index is 1160. The SMILES string of the molecule is O=CN1CCC(c2ccc(CCOC(c3ccccc3)(c3ccccc3)c3ccccc3)cc2)C(O)C1. The predicted molar refractivity (Wildman–Crippen MR) is 146 cm³/mol. The fourth-order valence-electron chi connectivity index (χ4n) is 5.46. The lowest BCUT2D eigenvalue weighted by atomic mass is 9.80. The quantitative estimate of drug-likeness (QED) is 0.247. The van der Waals surface area contributed by atoms with Crippen LogP contribution >= 0.6 is 0 Å². The zero-order valence-electron chi connectivity index (χ0n) is 20.9. The Labute approximate surface area is 219 Å². The van der Waals surface area contributed by atoms with Crippen molar-refractivity contribution in [3.8, 4) is 0 Å². The Morgan fingerprint density at radius 1 is 0.784 bits per heavy atom. The van der Waals surface area contributed by atoms with Gasteiger partial charge in [-0.1, -0.05) is 115 Å². The summed E-state index contributed by atoms with van der Waals surface area (Å²) in [7, 11) is 0. The molecule has 0 aromatic heterocycles. The molecule has 1 fully saturated rings. The van der Waals surface area contributed by atoms with E-state index in [1.54, 1.807) is 4.90 Å². The molecule has 1 amide bonds. The number of carbonyl (C=O) groups is 1. The Balaban J connectivity index is 1.37. The van der Waals surface area contributed by atoms with Crippen LogP contribution in [0.4, 0.5) is 0 Å². The second-order valence-electron chi connectivity index (χ2n) is 9.68. The number of β-amino-alcohol motifs (C(OH)–C–C–N with tert-alkyl or cyclic N) is 1. The minimum absolute atomic E-state index is 0.0587. The number of carbonyl (C=O) groups excluding carboxylic acids is 1. The Hall–Kier alpha value is -3.73. The zero-order valence-corrected chi connectivity index (χ0v) is 20.9. The second-order valence-corrected chi connectivity index (χ2v) is 9.68. The highest BCUT2D eigenvalue weighted by molar-refractivity contribution is 5.48. The first-order valence-electron chi connectivity index (χ1n) is 13.0. The van der Waals surface area contributed by atoms with E-state index in [-0.39, 0.29) is 5.92 Å². The molecule has 37 heavy (non-hydrogen) atoms. The molecular weight excluding hydrogens is 458 g/mol. The Morgan fingerprint density at radius 3 is 1.76 bits per heavy atom. The maximum absolute atomic E-state index is 11.0. The van der Waals surface area contributed by atoms with Gasteiger partial charge in [0.25, 0.3) is 0 Å². The van der Waals surface area contributed by atoms with Crippen LogP contribution in [0.2, 0.25) is 0 Å². The molecule has 1 saturated heterocycles. The van der Waals surface area contributed by atoms with Crippen LogP contribution in [0.3, 0.4) is 0 Å². The number of amides is 1. The van der Waals surface area contributed by atoms with Gasteiger partial charge in [0, 0.05) is 19.0 Å². The highest BCUT2D eigenvalue weighted by Gasteiger charge is 2.37. The number of piperidine rings is 1. The van der Waals surface area contributed by atoms with Crippen LogP contribution in [-0.2, 0) is 21.6 Å². The van der Waals surface area contributed by atoms with Crippen molar-refractivity contribution < 1.29 is 14.6 Å². The molecule has 5 rings (SSSR count). The zero-order chi connectivity index (χ0) is 25.5. The Morgan fingerprint density at radius 2 is 1.30 bits per heavy atom. The standard InChI is InChI=1S/C33H33NO3/c35-25-34-22-20-31(32(36)24-34)27-18-16-26(17-19-27)21-23-37-33(28-10-4-1-5-11-28,29-12-6-2-7-13-29)30-14-8-3-9-15-30/h1-19,25,31-32,36H,20-24H2. The molecule has 2 unspecified atom stereocenters. The van der Waals surface area contributed by atoms with Crippen molar-refractivity contribution in [2.24, 2.45) is 0 Å². The third-order valence-electron chi connectivity index (χ3n) is 7.42. The molecule has 1 aliphatic heterocycles. The number of hydrogen-bond donors (Lipinski definition) is 1. The minimum Gasteiger partial charge on any atom is -0.391 e. The molecule has 1 aliphatic rings. The number of hydrogen-bond acceptors (Lipinski definition) is 3. The van der Waals surface area contributed by atoms with Crippen molar-refractivity contribution in [3.05, 3.63) is 143 Å². The van der Waals surface area contributed by atoms with Crippen molar-refractivity contribution in [2.45, 2.75) is 30.5 Å². The molecule has 0 saturated carbocycles. The first-order valence-corrected chi connectivity index (χ1v) is 13.0. The summed E-state index contributed by atoms with van der Waals surface area (Å²) in [5.41, 5.74) is 4.87. The van der Waals surface area contributed by atoms with E-state index in [9.17, 15) is 9.90 Å². The molecular formula is C33H33NO3. The van der Waals surface area contributed by atoms with Gasteiger partial charge in [0.1, 0.15) is 5.60 Å². The van der Waals surface area contributed by atoms with Gasteiger partial charge < -0.3 is 14.7 Å². The van der Waals surface area contributed by atoms with Crippen LogP contribution in [0, 0.1) is 0 Å². The third-order valence-corrected chi connectivity index (χ3v) is 7.42. The minimum atomic E-state index is -0.722. The van der Waals surface area contributed by atoms with Gasteiger partial charge >= 0.3 is 0 Å². The maximum Gasteiger partial charge on any atom is 0.209 e. The molecule has 0 radical (unpaired) electrons. The largest absolute Gasteiger partial charge is 0.391 e. The van der Waals surface area contributed by atoms with E-state index in [1.807, 2.05) is 18.2 Å². The van der Waals surface area contributed by atoms with Crippen LogP contribution in [0.1, 0.15) is 40.2 Å². The Kier molecular flexibility index (Phi) is 7.79. The number of nitrogens with zero attached hydrogens (tertiary/aromatic N) is 1. The smallest absolute Gasteiger partial charge is 0.209 e. The fourth-order valence-corrected chi connectivity index (χ4v) is 5.46. The van der Waals surface area contributed by atoms with Gasteiger partial charge in [0.15, 0.2) is 0 Å². The van der Waals surface area contributed by atoms with Crippen LogP contribution in [0.5, 0.6) is 0 Å². The van der Waals surface area contributed by atoms with Crippen molar-refractivity contribution in [1.82, 2.24) is 4.90 Å². The summed E-state index contributed by atoms with van der Waals surface area (Å²) in [6, 6.07) is 39.8. The molecule has 188 valence electrons. The lowest BCUT2D eigenvalue weighted by Crippen LogP contribution is -2.41. The van der Waals surface area contributed by atoms with E-state index in [2.05, 4.69) is 97.1 Å². The molecule has 4 aromatic carbocycles. The van der Waals surface area contributed by atoms with Crippen LogP contribution in [0.25, 0.3) is 0 Å². The van der Waals surface area contributed by atoms with Crippen molar-refractivity contribution in [1.29, 1.82) is 0 Å². The molecule has 4 heteroatoms. The molecule has 0 bridgehead atoms. The fraction of sp³-hybridized carbons (Fsp3) is 0.242. The topological polar surface area (TPSA) is 49.8 Å². The van der Waals surface area contributed by atoms with Gasteiger partial charge in [-0.05, 0) is 40.7 Å². The summed E-state index contributed by atoms with van der Waals surface area (Å²) in [6.07, 6.45) is 1.83. The molecule has 0 spiro atoms. The summed E-state index contributed by atoms with van der Waals surface area (Å²) in [5.74, 6) is 0.0587. The third kappa shape index (κ3) is 5.36. The van der Waals surface area contributed by atoms with E-state index < -0.39 is 11.7 Å². The number of ether oxygens (including phenoxy) is 1. The highest BCUT2D eigenvalue weighted by atomic mass is 16.5. The summed E-state index contributed by atoms with van der Waals surface area (Å²) < 4.78 is 6.90. The number of benzene rings is 4. The van der Waals surface area contributed by atoms with Crippen LogP contribution in [0.15, 0.2) is 115 Å². The van der Waals surface area contributed by atoms with Gasteiger partial charge in [0.05, 0.1) is 12.7 Å². The van der Waals surface area contributed by atoms with E-state index in [0.29, 0.717) is 19.7 Å². The molecule has 2 atom stereocenters. The summed E-state index contributed by atoms with van der Waals surface area (Å²) in [6.45, 7) is 1.62. The highest BCUT2D eigenvalue weighted by Crippen LogP contribution is 2.40. The van der Waals surface area contributed by atoms with Crippen LogP contribution < -0.4 is 0 Å². The predicted octanol–water partition coefficient (Wildman–Crippen LogP) is 5.54. The average Bonchev–Trinajstić information content (AvgIpc) is 2.97. The van der Waals surface area contributed by atoms with Gasteiger partial charge in [0.2, 0.25) is 6.41 Å². The number of likely N-dealkylation sites (tertiary alicyclic amines) is 1. The number of rotatable bonds is 9. The van der Waals surface area contributed by atoms with Gasteiger partial charge in [-0.25, -0.2) is 0 Å². The van der Waals surface area contributed by atoms with Crippen molar-refractivity contribution >= 4 is 6.41 Å². The van der Waals surface area contributed by atoms with Crippen molar-refractivity contribution in [2.75, 3.05) is 19.7 Å². The summed E-state index contributed by atoms with van der Waals surface area (Å²) in [4.78, 5) is 12.7. The van der Waals surface area contributed by atoms with E-state index in [1.165, 1.54) is 5.56 Å². The van der Waals surface area contributed by atoms with Gasteiger partial charge in [-0.15, -0.1) is 0 Å². The van der Waals surface area contributed by atoms with Gasteiger partial charge in [-0.3, -0.25) is 4.79 Å². The average molecular weight is 492 g/mol. The second kappa shape index (κ2) is 11.5. The van der Waals surface area contributed by atoms with Crippen molar-refractivity contribution in [3.63, 3.8) is 0 Å². The number of aliphatic hydroxyl groups is 1. The monoisotopic (exact) mass is 491 g/mol.